The van der Waals surface area contributed by atoms with Crippen LogP contribution in [0, 0.1) is 17.1 Å². The standard InChI is InChI=1S/C26H22F4N4O3S/c1-4-16-10-24-20(12-22(16)27)21(13-31)25(34(24)17-6-5-7-18(11-17)37-3)23-9-8-19(14-32-23)38(35,36)33-15(2)26(28,29)30/h5-12,14-15,33H,4H2,1-3H3. The smallest absolute Gasteiger partial charge is 0.404 e. The molecule has 2 aromatic heterocycles. The van der Waals surface area contributed by atoms with Gasteiger partial charge in [-0.3, -0.25) is 4.98 Å². The number of ether oxygens (including phenoxy) is 1. The van der Waals surface area contributed by atoms with Crippen LogP contribution in [0.2, 0.25) is 0 Å². The molecule has 1 unspecified atom stereocenters. The van der Waals surface area contributed by atoms with Gasteiger partial charge in [0.15, 0.2) is 0 Å². The fourth-order valence-electron chi connectivity index (χ4n) is 4.04. The molecule has 0 bridgehead atoms. The van der Waals surface area contributed by atoms with Crippen molar-refractivity contribution >= 4 is 20.9 Å². The van der Waals surface area contributed by atoms with Gasteiger partial charge in [-0.1, -0.05) is 13.0 Å². The van der Waals surface area contributed by atoms with E-state index in [0.717, 1.165) is 12.3 Å². The van der Waals surface area contributed by atoms with Crippen LogP contribution < -0.4 is 9.46 Å². The molecule has 0 aliphatic heterocycles. The molecular weight excluding hydrogens is 524 g/mol. The Labute approximate surface area is 216 Å². The third-order valence-corrected chi connectivity index (χ3v) is 7.58. The summed E-state index contributed by atoms with van der Waals surface area (Å²) in [5.74, 6) is 0.0380. The lowest BCUT2D eigenvalue weighted by atomic mass is 10.1. The normalized spacial score (nSPS) is 12.9. The van der Waals surface area contributed by atoms with Crippen molar-refractivity contribution in [2.75, 3.05) is 7.11 Å². The van der Waals surface area contributed by atoms with Crippen molar-refractivity contribution in [2.45, 2.75) is 37.4 Å². The first-order chi connectivity index (χ1) is 17.9. The number of alkyl halides is 3. The molecule has 0 fully saturated rings. The molecule has 0 saturated carbocycles. The molecule has 0 spiro atoms. The summed E-state index contributed by atoms with van der Waals surface area (Å²) in [5, 5.41) is 10.4. The van der Waals surface area contributed by atoms with Crippen molar-refractivity contribution in [3.05, 3.63) is 71.7 Å². The SMILES string of the molecule is CCc1cc2c(cc1F)c(C#N)c(-c1ccc(S(=O)(=O)NC(C)C(F)(F)F)cn1)n2-c1cccc(OC)c1. The van der Waals surface area contributed by atoms with Gasteiger partial charge in [0, 0.05) is 23.3 Å². The zero-order valence-corrected chi connectivity index (χ0v) is 21.3. The van der Waals surface area contributed by atoms with Crippen molar-refractivity contribution in [3.8, 4) is 28.9 Å². The van der Waals surface area contributed by atoms with E-state index in [1.54, 1.807) is 46.5 Å². The predicted octanol–water partition coefficient (Wildman–Crippen LogP) is 5.50. The highest BCUT2D eigenvalue weighted by molar-refractivity contribution is 7.89. The number of hydrogen-bond acceptors (Lipinski definition) is 5. The average Bonchev–Trinajstić information content (AvgIpc) is 3.20. The summed E-state index contributed by atoms with van der Waals surface area (Å²) in [6.07, 6.45) is -3.46. The molecule has 38 heavy (non-hydrogen) atoms. The highest BCUT2D eigenvalue weighted by Crippen LogP contribution is 2.37. The Bertz CT molecular complexity index is 1660. The Morgan fingerprint density at radius 2 is 1.92 bits per heavy atom. The Kier molecular flexibility index (Phi) is 7.18. The monoisotopic (exact) mass is 546 g/mol. The van der Waals surface area contributed by atoms with Crippen molar-refractivity contribution in [2.24, 2.45) is 0 Å². The molecule has 7 nitrogen and oxygen atoms in total. The van der Waals surface area contributed by atoms with Gasteiger partial charge in [-0.15, -0.1) is 0 Å². The van der Waals surface area contributed by atoms with Crippen LogP contribution in [-0.4, -0.2) is 37.3 Å². The van der Waals surface area contributed by atoms with Crippen molar-refractivity contribution in [1.82, 2.24) is 14.3 Å². The Hall–Kier alpha value is -3.95. The fourth-order valence-corrected chi connectivity index (χ4v) is 5.22. The maximum Gasteiger partial charge on any atom is 0.404 e. The van der Waals surface area contributed by atoms with Crippen LogP contribution in [0.25, 0.3) is 28.0 Å². The number of nitrogens with zero attached hydrogens (tertiary/aromatic N) is 3. The van der Waals surface area contributed by atoms with E-state index in [1.165, 1.54) is 19.2 Å². The summed E-state index contributed by atoms with van der Waals surface area (Å²) in [6, 6.07) is 12.0. The summed E-state index contributed by atoms with van der Waals surface area (Å²) >= 11 is 0. The minimum atomic E-state index is -4.77. The molecule has 12 heteroatoms. The molecule has 0 amide bonds. The van der Waals surface area contributed by atoms with Gasteiger partial charge in [0.2, 0.25) is 10.0 Å². The minimum absolute atomic E-state index is 0.0938. The van der Waals surface area contributed by atoms with E-state index < -0.39 is 33.0 Å². The highest BCUT2D eigenvalue weighted by atomic mass is 32.2. The molecule has 0 radical (unpaired) electrons. The van der Waals surface area contributed by atoms with Gasteiger partial charge in [0.25, 0.3) is 0 Å². The molecule has 1 atom stereocenters. The number of aromatic nitrogens is 2. The quantitative estimate of drug-likeness (QED) is 0.309. The maximum absolute atomic E-state index is 14.8. The van der Waals surface area contributed by atoms with Crippen LogP contribution in [0.3, 0.4) is 0 Å². The van der Waals surface area contributed by atoms with Crippen molar-refractivity contribution in [1.29, 1.82) is 5.26 Å². The molecule has 198 valence electrons. The third-order valence-electron chi connectivity index (χ3n) is 6.05. The number of benzene rings is 2. The topological polar surface area (TPSA) is 97.0 Å². The maximum atomic E-state index is 14.8. The third kappa shape index (κ3) is 4.94. The van der Waals surface area contributed by atoms with E-state index in [4.69, 9.17) is 4.74 Å². The van der Waals surface area contributed by atoms with Crippen LogP contribution in [0.15, 0.2) is 59.6 Å². The summed E-state index contributed by atoms with van der Waals surface area (Å²) in [4.78, 5) is 3.70. The van der Waals surface area contributed by atoms with Crippen molar-refractivity contribution < 1.29 is 30.7 Å². The number of methoxy groups -OCH3 is 1. The number of sulfonamides is 1. The van der Waals surface area contributed by atoms with Gasteiger partial charge in [-0.2, -0.15) is 23.2 Å². The molecule has 0 saturated heterocycles. The number of nitrogens with one attached hydrogen (secondary N) is 1. The number of fused-ring (bicyclic) bond motifs is 1. The molecule has 2 aromatic carbocycles. The first kappa shape index (κ1) is 27.1. The van der Waals surface area contributed by atoms with Gasteiger partial charge in [0.1, 0.15) is 28.6 Å². The number of hydrogen-bond donors (Lipinski definition) is 1. The first-order valence-corrected chi connectivity index (χ1v) is 12.9. The first-order valence-electron chi connectivity index (χ1n) is 11.4. The fraction of sp³-hybridized carbons (Fsp3) is 0.231. The largest absolute Gasteiger partial charge is 0.497 e. The summed E-state index contributed by atoms with van der Waals surface area (Å²) in [5.41, 5.74) is 2.01. The number of aryl methyl sites for hydroxylation is 1. The summed E-state index contributed by atoms with van der Waals surface area (Å²) in [6.45, 7) is 2.48. The molecule has 0 aliphatic carbocycles. The molecule has 1 N–H and O–H groups in total. The second-order valence-electron chi connectivity index (χ2n) is 8.45. The highest BCUT2D eigenvalue weighted by Gasteiger charge is 2.39. The molecule has 0 aliphatic rings. The lowest BCUT2D eigenvalue weighted by molar-refractivity contribution is -0.147. The van der Waals surface area contributed by atoms with E-state index in [9.17, 15) is 31.2 Å². The van der Waals surface area contributed by atoms with Crippen LogP contribution in [0.4, 0.5) is 17.6 Å². The lowest BCUT2D eigenvalue weighted by Crippen LogP contribution is -2.42. The van der Waals surface area contributed by atoms with Crippen molar-refractivity contribution in [3.63, 3.8) is 0 Å². The van der Waals surface area contributed by atoms with Gasteiger partial charge in [-0.05, 0) is 55.3 Å². The average molecular weight is 547 g/mol. The summed E-state index contributed by atoms with van der Waals surface area (Å²) < 4.78 is 87.1. The minimum Gasteiger partial charge on any atom is -0.497 e. The second-order valence-corrected chi connectivity index (χ2v) is 10.2. The van der Waals surface area contributed by atoms with E-state index >= 15 is 0 Å². The van der Waals surface area contributed by atoms with Crippen LogP contribution in [0.5, 0.6) is 5.75 Å². The zero-order valence-electron chi connectivity index (χ0n) is 20.5. The number of halogens is 4. The Morgan fingerprint density at radius 3 is 2.50 bits per heavy atom. The molecule has 4 rings (SSSR count). The van der Waals surface area contributed by atoms with Crippen LogP contribution in [-0.2, 0) is 16.4 Å². The van der Waals surface area contributed by atoms with E-state index in [-0.39, 0.29) is 17.0 Å². The van der Waals surface area contributed by atoms with E-state index in [1.807, 2.05) is 0 Å². The molecule has 4 aromatic rings. The Balaban J connectivity index is 1.94. The van der Waals surface area contributed by atoms with Gasteiger partial charge < -0.3 is 9.30 Å². The molecular formula is C26H22F4N4O3S. The Morgan fingerprint density at radius 1 is 1.18 bits per heavy atom. The number of rotatable bonds is 7. The number of pyridine rings is 1. The van der Waals surface area contributed by atoms with E-state index in [2.05, 4.69) is 11.1 Å². The second kappa shape index (κ2) is 10.1. The van der Waals surface area contributed by atoms with Crippen LogP contribution in [0.1, 0.15) is 25.0 Å². The van der Waals surface area contributed by atoms with Crippen LogP contribution >= 0.6 is 0 Å². The van der Waals surface area contributed by atoms with Gasteiger partial charge >= 0.3 is 6.18 Å². The predicted molar refractivity (Wildman–Crippen MR) is 133 cm³/mol. The zero-order chi connectivity index (χ0) is 27.8. The molecule has 2 heterocycles. The van der Waals surface area contributed by atoms with Gasteiger partial charge in [0.05, 0.1) is 29.6 Å². The lowest BCUT2D eigenvalue weighted by Gasteiger charge is -2.17. The van der Waals surface area contributed by atoms with Gasteiger partial charge in [-0.25, -0.2) is 12.8 Å². The van der Waals surface area contributed by atoms with E-state index in [0.29, 0.717) is 41.2 Å². The summed E-state index contributed by atoms with van der Waals surface area (Å²) in [7, 11) is -3.04. The number of nitriles is 1.